The molecule has 3 heterocycles. The first-order valence-corrected chi connectivity index (χ1v) is 12.7. The second kappa shape index (κ2) is 13.2. The van der Waals surface area contributed by atoms with Gasteiger partial charge in [0.25, 0.3) is 0 Å². The van der Waals surface area contributed by atoms with E-state index in [1.54, 1.807) is 6.92 Å². The monoisotopic (exact) mass is 546 g/mol. The molecule has 0 spiro atoms. The average Bonchev–Trinajstić information content (AvgIpc) is 3.24. The zero-order chi connectivity index (χ0) is 27.2. The zero-order valence-electron chi connectivity index (χ0n) is 20.8. The van der Waals surface area contributed by atoms with Gasteiger partial charge in [0.15, 0.2) is 11.8 Å². The molecule has 2 aliphatic rings. The number of ether oxygens (including phenoxy) is 5. The van der Waals surface area contributed by atoms with E-state index in [-0.39, 0.29) is 50.2 Å². The van der Waals surface area contributed by atoms with Crippen molar-refractivity contribution in [3.8, 4) is 11.5 Å². The lowest BCUT2D eigenvalue weighted by molar-refractivity contribution is -0.235. The van der Waals surface area contributed by atoms with Gasteiger partial charge in [0.05, 0.1) is 44.8 Å². The molecule has 0 bridgehead atoms. The topological polar surface area (TPSA) is 190 Å². The van der Waals surface area contributed by atoms with Crippen molar-refractivity contribution in [3.63, 3.8) is 0 Å². The maximum Gasteiger partial charge on any atom is 0.332 e. The van der Waals surface area contributed by atoms with E-state index in [0.29, 0.717) is 10.8 Å². The highest BCUT2D eigenvalue weighted by atomic mass is 32.2. The molecular formula is C23H34N2O11S. The van der Waals surface area contributed by atoms with Crippen LogP contribution in [0.2, 0.25) is 0 Å². The zero-order valence-corrected chi connectivity index (χ0v) is 21.7. The Kier molecular flexibility index (Phi) is 10.5. The third-order valence-corrected chi connectivity index (χ3v) is 7.45. The highest BCUT2D eigenvalue weighted by Crippen LogP contribution is 2.34. The standard InChI is InChI=1S/C23H34N2O11S/c1-12-15(10-26)36-21(18(29)19(32-3)17(12)28)35-7-5-33-4-6-34-13-8-14(27)16(24-9-13)20-25-23(2,11-37-20)22(30)31/h8-9,12,15,17-19,21,26-29H,4-7,10-11H2,1-3H3,(H,30,31). The van der Waals surface area contributed by atoms with Crippen LogP contribution in [0.1, 0.15) is 19.5 Å². The lowest BCUT2D eigenvalue weighted by Crippen LogP contribution is -2.46. The number of aliphatic carboxylic acids is 1. The van der Waals surface area contributed by atoms with Crippen molar-refractivity contribution in [2.24, 2.45) is 10.9 Å². The first kappa shape index (κ1) is 29.5. The number of aliphatic imine (C=N–C) groups is 1. The number of aromatic nitrogens is 1. The lowest BCUT2D eigenvalue weighted by Gasteiger charge is -2.28. The highest BCUT2D eigenvalue weighted by Gasteiger charge is 2.44. The van der Waals surface area contributed by atoms with Gasteiger partial charge >= 0.3 is 5.97 Å². The second-order valence-electron chi connectivity index (χ2n) is 8.92. The van der Waals surface area contributed by atoms with Crippen LogP contribution in [0.3, 0.4) is 0 Å². The number of carboxylic acids is 1. The summed E-state index contributed by atoms with van der Waals surface area (Å²) in [5.41, 5.74) is -1.06. The summed E-state index contributed by atoms with van der Waals surface area (Å²) in [4.78, 5) is 19.7. The number of aliphatic hydroxyl groups excluding tert-OH is 3. The summed E-state index contributed by atoms with van der Waals surface area (Å²) < 4.78 is 27.4. The molecule has 208 valence electrons. The Hall–Kier alpha value is -2.04. The molecule has 1 aromatic rings. The van der Waals surface area contributed by atoms with E-state index >= 15 is 0 Å². The number of thioether (sulfide) groups is 1. The van der Waals surface area contributed by atoms with Crippen LogP contribution in [0.5, 0.6) is 11.5 Å². The van der Waals surface area contributed by atoms with E-state index in [4.69, 9.17) is 23.7 Å². The van der Waals surface area contributed by atoms with Crippen molar-refractivity contribution >= 4 is 22.8 Å². The van der Waals surface area contributed by atoms with Gasteiger partial charge in [0.2, 0.25) is 0 Å². The van der Waals surface area contributed by atoms with Gasteiger partial charge in [0.1, 0.15) is 41.1 Å². The molecule has 1 aromatic heterocycles. The molecule has 5 N–H and O–H groups in total. The van der Waals surface area contributed by atoms with Gasteiger partial charge in [-0.05, 0) is 6.92 Å². The van der Waals surface area contributed by atoms with Crippen molar-refractivity contribution in [2.45, 2.75) is 50.1 Å². The number of hydrogen-bond donors (Lipinski definition) is 5. The Morgan fingerprint density at radius 1 is 1.24 bits per heavy atom. The van der Waals surface area contributed by atoms with Crippen LogP contribution in [0.25, 0.3) is 0 Å². The molecule has 2 aliphatic heterocycles. The fraction of sp³-hybridized carbons (Fsp3) is 0.696. The Labute approximate surface area is 218 Å². The van der Waals surface area contributed by atoms with E-state index in [9.17, 15) is 30.3 Å². The lowest BCUT2D eigenvalue weighted by atomic mass is 9.93. The third kappa shape index (κ3) is 7.09. The molecule has 7 unspecified atom stereocenters. The number of carboxylic acid groups (broad SMARTS) is 1. The van der Waals surface area contributed by atoms with Crippen molar-refractivity contribution in [3.05, 3.63) is 18.0 Å². The average molecular weight is 547 g/mol. The van der Waals surface area contributed by atoms with E-state index < -0.39 is 48.1 Å². The Morgan fingerprint density at radius 3 is 2.59 bits per heavy atom. The summed E-state index contributed by atoms with van der Waals surface area (Å²) in [7, 11) is 1.36. The number of carbonyl (C=O) groups is 1. The summed E-state index contributed by atoms with van der Waals surface area (Å²) in [6.07, 6.45) is -3.70. The van der Waals surface area contributed by atoms with Gasteiger partial charge in [-0.25, -0.2) is 9.78 Å². The molecule has 0 amide bonds. The van der Waals surface area contributed by atoms with Gasteiger partial charge in [-0.3, -0.25) is 4.99 Å². The molecule has 0 aliphatic carbocycles. The van der Waals surface area contributed by atoms with Crippen LogP contribution in [0.15, 0.2) is 17.3 Å². The number of pyridine rings is 1. The third-order valence-electron chi connectivity index (χ3n) is 6.19. The minimum absolute atomic E-state index is 0.0624. The molecule has 0 radical (unpaired) electrons. The van der Waals surface area contributed by atoms with Crippen LogP contribution in [0.4, 0.5) is 0 Å². The van der Waals surface area contributed by atoms with Crippen molar-refractivity contribution in [2.75, 3.05) is 45.9 Å². The number of hydrogen-bond acceptors (Lipinski definition) is 13. The largest absolute Gasteiger partial charge is 0.505 e. The van der Waals surface area contributed by atoms with Crippen molar-refractivity contribution < 1.29 is 54.0 Å². The smallest absolute Gasteiger partial charge is 0.332 e. The molecule has 7 atom stereocenters. The molecule has 1 saturated heterocycles. The highest BCUT2D eigenvalue weighted by molar-refractivity contribution is 8.14. The van der Waals surface area contributed by atoms with E-state index in [2.05, 4.69) is 9.98 Å². The van der Waals surface area contributed by atoms with Crippen LogP contribution in [-0.2, 0) is 23.7 Å². The molecule has 1 fully saturated rings. The molecule has 37 heavy (non-hydrogen) atoms. The second-order valence-corrected chi connectivity index (χ2v) is 9.89. The van der Waals surface area contributed by atoms with Crippen LogP contribution >= 0.6 is 11.8 Å². The van der Waals surface area contributed by atoms with E-state index in [1.807, 2.05) is 0 Å². The first-order chi connectivity index (χ1) is 17.6. The number of methoxy groups -OCH3 is 1. The van der Waals surface area contributed by atoms with Gasteiger partial charge < -0.3 is 49.2 Å². The Balaban J connectivity index is 1.41. The number of aliphatic hydroxyl groups is 3. The van der Waals surface area contributed by atoms with Crippen molar-refractivity contribution in [1.29, 1.82) is 0 Å². The molecule has 0 aromatic carbocycles. The van der Waals surface area contributed by atoms with Gasteiger partial charge in [0, 0.05) is 24.8 Å². The number of rotatable bonds is 12. The SMILES string of the molecule is COC1C(O)C(OCCOCCOc2cnc(C3=NC(C)(C(=O)O)CS3)c(O)c2)OC(CO)C(C)C1O. The summed E-state index contributed by atoms with van der Waals surface area (Å²) in [6, 6.07) is 1.37. The van der Waals surface area contributed by atoms with E-state index in [1.165, 1.54) is 38.1 Å². The fourth-order valence-electron chi connectivity index (χ4n) is 3.83. The molecule has 14 heteroatoms. The van der Waals surface area contributed by atoms with Crippen LogP contribution in [-0.4, -0.2) is 124 Å². The maximum atomic E-state index is 11.4. The predicted octanol–water partition coefficient (Wildman–Crippen LogP) is -0.374. The summed E-state index contributed by atoms with van der Waals surface area (Å²) >= 11 is 1.21. The van der Waals surface area contributed by atoms with E-state index in [0.717, 1.165) is 0 Å². The molecule has 13 nitrogen and oxygen atoms in total. The van der Waals surface area contributed by atoms with Gasteiger partial charge in [-0.2, -0.15) is 0 Å². The Bertz CT molecular complexity index is 951. The van der Waals surface area contributed by atoms with Gasteiger partial charge in [-0.1, -0.05) is 6.92 Å². The minimum Gasteiger partial charge on any atom is -0.505 e. The normalized spacial score (nSPS) is 32.1. The Morgan fingerprint density at radius 2 is 1.97 bits per heavy atom. The fourth-order valence-corrected chi connectivity index (χ4v) is 5.00. The summed E-state index contributed by atoms with van der Waals surface area (Å²) in [5, 5.41) is 50.4. The van der Waals surface area contributed by atoms with Crippen LogP contribution in [0, 0.1) is 5.92 Å². The quantitative estimate of drug-likeness (QED) is 0.214. The molecule has 3 rings (SSSR count). The maximum absolute atomic E-state index is 11.4. The number of nitrogens with zero attached hydrogens (tertiary/aromatic N) is 2. The molecule has 0 saturated carbocycles. The molecular weight excluding hydrogens is 512 g/mol. The van der Waals surface area contributed by atoms with Crippen molar-refractivity contribution in [1.82, 2.24) is 4.98 Å². The van der Waals surface area contributed by atoms with Crippen LogP contribution < -0.4 is 4.74 Å². The van der Waals surface area contributed by atoms with Gasteiger partial charge in [-0.15, -0.1) is 11.8 Å². The predicted molar refractivity (Wildman–Crippen MR) is 131 cm³/mol. The first-order valence-electron chi connectivity index (χ1n) is 11.7. The summed E-state index contributed by atoms with van der Waals surface area (Å²) in [5.74, 6) is -1.15. The number of aromatic hydroxyl groups is 1. The summed E-state index contributed by atoms with van der Waals surface area (Å²) in [6.45, 7) is 3.40. The minimum atomic E-state index is -1.27.